The summed E-state index contributed by atoms with van der Waals surface area (Å²) in [6, 6.07) is 10.5. The summed E-state index contributed by atoms with van der Waals surface area (Å²) < 4.78 is 29.9. The summed E-state index contributed by atoms with van der Waals surface area (Å²) in [4.78, 5) is 4.09. The van der Waals surface area contributed by atoms with Gasteiger partial charge in [-0.3, -0.25) is 4.98 Å². The number of likely N-dealkylation sites (N-methyl/N-ethyl adjacent to an activating group) is 1. The fraction of sp³-hybridized carbons (Fsp3) is 0.381. The second-order valence-electron chi connectivity index (χ2n) is 6.94. The van der Waals surface area contributed by atoms with E-state index < -0.39 is 10.2 Å². The first-order valence-corrected chi connectivity index (χ1v) is 11.0. The Balaban J connectivity index is 1.92. The van der Waals surface area contributed by atoms with Crippen LogP contribution in [0.1, 0.15) is 19.4 Å². The lowest BCUT2D eigenvalue weighted by Crippen LogP contribution is -2.40. The summed E-state index contributed by atoms with van der Waals surface area (Å²) >= 11 is 0. The van der Waals surface area contributed by atoms with Gasteiger partial charge in [-0.1, -0.05) is 19.1 Å². The van der Waals surface area contributed by atoms with Crippen LogP contribution in [-0.2, 0) is 23.2 Å². The van der Waals surface area contributed by atoms with Crippen LogP contribution in [0, 0.1) is 0 Å². The molecule has 150 valence electrons. The molecule has 0 amide bonds. The number of rotatable bonds is 8. The maximum Gasteiger partial charge on any atom is 0.281 e. The molecule has 0 radical (unpaired) electrons. The molecule has 0 saturated carbocycles. The molecule has 3 rings (SSSR count). The van der Waals surface area contributed by atoms with Crippen LogP contribution >= 0.6 is 0 Å². The summed E-state index contributed by atoms with van der Waals surface area (Å²) in [5.41, 5.74) is 4.63. The monoisotopic (exact) mass is 400 g/mol. The van der Waals surface area contributed by atoms with Crippen molar-refractivity contribution in [2.75, 3.05) is 27.2 Å². The Morgan fingerprint density at radius 3 is 2.36 bits per heavy atom. The van der Waals surface area contributed by atoms with Gasteiger partial charge in [0.05, 0.1) is 0 Å². The summed E-state index contributed by atoms with van der Waals surface area (Å²) in [7, 11) is -0.258. The molecular weight excluding hydrogens is 372 g/mol. The fourth-order valence-corrected chi connectivity index (χ4v) is 4.58. The first kappa shape index (κ1) is 20.5. The summed E-state index contributed by atoms with van der Waals surface area (Å²) in [5.74, 6) is 0. The zero-order valence-corrected chi connectivity index (χ0v) is 17.8. The highest BCUT2D eigenvalue weighted by Gasteiger charge is 2.23. The molecule has 0 N–H and O–H groups in total. The van der Waals surface area contributed by atoms with Crippen LogP contribution in [0.3, 0.4) is 0 Å². The maximum atomic E-state index is 12.5. The molecule has 3 aromatic rings. The van der Waals surface area contributed by atoms with E-state index in [0.29, 0.717) is 19.5 Å². The van der Waals surface area contributed by atoms with Crippen molar-refractivity contribution in [3.05, 3.63) is 54.5 Å². The third kappa shape index (κ3) is 3.97. The molecule has 0 fully saturated rings. The molecule has 0 atom stereocenters. The second-order valence-corrected chi connectivity index (χ2v) is 9.08. The normalized spacial score (nSPS) is 12.4. The van der Waals surface area contributed by atoms with Gasteiger partial charge in [0.2, 0.25) is 0 Å². The standard InChI is InChI=1S/C21H28N4O2S/c1-5-24-16-19(11-14-25(6-2)28(26,27)23(3)4)20-8-7-18(15-21(20)24)17-9-12-22-13-10-17/h7-10,12-13,15-16H,5-6,11,14H2,1-4H3. The highest BCUT2D eigenvalue weighted by atomic mass is 32.2. The molecule has 0 aliphatic carbocycles. The topological polar surface area (TPSA) is 58.4 Å². The SMILES string of the molecule is CCN(CCc1cn(CC)c2cc(-c3ccncc3)ccc12)S(=O)(=O)N(C)C. The number of nitrogens with zero attached hydrogens (tertiary/aromatic N) is 4. The van der Waals surface area contributed by atoms with Crippen molar-refractivity contribution in [3.63, 3.8) is 0 Å². The summed E-state index contributed by atoms with van der Waals surface area (Å²) in [6.45, 7) is 5.78. The van der Waals surface area contributed by atoms with Crippen molar-refractivity contribution in [1.82, 2.24) is 18.2 Å². The zero-order chi connectivity index (χ0) is 20.3. The number of aromatic nitrogens is 2. The van der Waals surface area contributed by atoms with Gasteiger partial charge < -0.3 is 4.57 Å². The van der Waals surface area contributed by atoms with Crippen molar-refractivity contribution in [3.8, 4) is 11.1 Å². The second kappa shape index (κ2) is 8.43. The van der Waals surface area contributed by atoms with Crippen molar-refractivity contribution in [1.29, 1.82) is 0 Å². The summed E-state index contributed by atoms with van der Waals surface area (Å²) in [6.07, 6.45) is 6.43. The molecule has 0 spiro atoms. The van der Waals surface area contributed by atoms with Gasteiger partial charge in [-0.05, 0) is 48.2 Å². The average molecular weight is 401 g/mol. The van der Waals surface area contributed by atoms with E-state index in [9.17, 15) is 8.42 Å². The fourth-order valence-electron chi connectivity index (χ4n) is 3.47. The third-order valence-electron chi connectivity index (χ3n) is 5.09. The minimum atomic E-state index is -3.40. The average Bonchev–Trinajstić information content (AvgIpc) is 3.06. The van der Waals surface area contributed by atoms with Crippen LogP contribution in [0.2, 0.25) is 0 Å². The number of aryl methyl sites for hydroxylation is 1. The van der Waals surface area contributed by atoms with Crippen LogP contribution in [0.15, 0.2) is 48.9 Å². The molecule has 0 aliphatic heterocycles. The predicted octanol–water partition coefficient (Wildman–Crippen LogP) is 3.39. The van der Waals surface area contributed by atoms with E-state index in [1.165, 1.54) is 25.1 Å². The Kier molecular flexibility index (Phi) is 6.17. The Bertz CT molecular complexity index is 1040. The Hall–Kier alpha value is -2.22. The number of fused-ring (bicyclic) bond motifs is 1. The van der Waals surface area contributed by atoms with Gasteiger partial charge >= 0.3 is 0 Å². The molecule has 2 aromatic heterocycles. The predicted molar refractivity (Wildman–Crippen MR) is 114 cm³/mol. The zero-order valence-electron chi connectivity index (χ0n) is 17.0. The first-order valence-electron chi connectivity index (χ1n) is 9.58. The highest BCUT2D eigenvalue weighted by molar-refractivity contribution is 7.86. The molecule has 1 aromatic carbocycles. The Morgan fingerprint density at radius 2 is 1.75 bits per heavy atom. The highest BCUT2D eigenvalue weighted by Crippen LogP contribution is 2.28. The van der Waals surface area contributed by atoms with E-state index in [2.05, 4.69) is 40.9 Å². The molecule has 0 bridgehead atoms. The maximum absolute atomic E-state index is 12.5. The Labute approximate surface area is 167 Å². The minimum Gasteiger partial charge on any atom is -0.347 e. The molecule has 0 saturated heterocycles. The van der Waals surface area contributed by atoms with Crippen molar-refractivity contribution < 1.29 is 8.42 Å². The number of hydrogen-bond donors (Lipinski definition) is 0. The minimum absolute atomic E-state index is 0.457. The number of pyridine rings is 1. The molecule has 2 heterocycles. The van der Waals surface area contributed by atoms with Crippen LogP contribution in [0.4, 0.5) is 0 Å². The van der Waals surface area contributed by atoms with Gasteiger partial charge in [0, 0.05) is 63.2 Å². The molecule has 0 unspecified atom stereocenters. The lowest BCUT2D eigenvalue weighted by atomic mass is 10.0. The van der Waals surface area contributed by atoms with Gasteiger partial charge in [0.1, 0.15) is 0 Å². The van der Waals surface area contributed by atoms with E-state index in [1.807, 2.05) is 19.1 Å². The van der Waals surface area contributed by atoms with E-state index in [-0.39, 0.29) is 0 Å². The number of hydrogen-bond acceptors (Lipinski definition) is 3. The molecule has 0 aliphatic rings. The Morgan fingerprint density at radius 1 is 1.04 bits per heavy atom. The molecule has 6 nitrogen and oxygen atoms in total. The van der Waals surface area contributed by atoms with Crippen LogP contribution in [-0.4, -0.2) is 53.8 Å². The van der Waals surface area contributed by atoms with E-state index >= 15 is 0 Å². The van der Waals surface area contributed by atoms with Gasteiger partial charge in [-0.25, -0.2) is 0 Å². The van der Waals surface area contributed by atoms with Crippen molar-refractivity contribution in [2.45, 2.75) is 26.8 Å². The van der Waals surface area contributed by atoms with Gasteiger partial charge in [0.15, 0.2) is 0 Å². The smallest absolute Gasteiger partial charge is 0.281 e. The summed E-state index contributed by atoms with van der Waals surface area (Å²) in [5, 5.41) is 1.18. The molecule has 28 heavy (non-hydrogen) atoms. The largest absolute Gasteiger partial charge is 0.347 e. The van der Waals surface area contributed by atoms with E-state index in [1.54, 1.807) is 26.5 Å². The van der Waals surface area contributed by atoms with Crippen LogP contribution < -0.4 is 0 Å². The lowest BCUT2D eigenvalue weighted by Gasteiger charge is -2.23. The number of benzene rings is 1. The third-order valence-corrected chi connectivity index (χ3v) is 7.11. The van der Waals surface area contributed by atoms with Gasteiger partial charge in [-0.15, -0.1) is 0 Å². The van der Waals surface area contributed by atoms with Gasteiger partial charge in [-0.2, -0.15) is 17.0 Å². The molecular formula is C21H28N4O2S. The first-order chi connectivity index (χ1) is 13.4. The lowest BCUT2D eigenvalue weighted by molar-refractivity contribution is 0.389. The van der Waals surface area contributed by atoms with E-state index in [4.69, 9.17) is 0 Å². The van der Waals surface area contributed by atoms with Gasteiger partial charge in [0.25, 0.3) is 10.2 Å². The van der Waals surface area contributed by atoms with Crippen molar-refractivity contribution in [2.24, 2.45) is 0 Å². The van der Waals surface area contributed by atoms with Crippen LogP contribution in [0.25, 0.3) is 22.0 Å². The van der Waals surface area contributed by atoms with Crippen LogP contribution in [0.5, 0.6) is 0 Å². The molecule has 7 heteroatoms. The van der Waals surface area contributed by atoms with Crippen molar-refractivity contribution >= 4 is 21.1 Å². The van der Waals surface area contributed by atoms with E-state index in [0.717, 1.165) is 17.7 Å². The quantitative estimate of drug-likeness (QED) is 0.582.